The molecule has 0 atom stereocenters. The minimum absolute atomic E-state index is 0.363. The van der Waals surface area contributed by atoms with Crippen molar-refractivity contribution >= 4 is 16.9 Å². The Balaban J connectivity index is 2.15. The number of ether oxygens (including phenoxy) is 1. The molecule has 2 aromatic rings. The summed E-state index contributed by atoms with van der Waals surface area (Å²) in [7, 11) is 0. The third-order valence-electron chi connectivity index (χ3n) is 3.24. The molecule has 0 aliphatic rings. The third-order valence-corrected chi connectivity index (χ3v) is 3.24. The fraction of sp³-hybridized carbons (Fsp3) is 0.429. The first-order chi connectivity index (χ1) is 9.78. The van der Waals surface area contributed by atoms with Gasteiger partial charge in [-0.2, -0.15) is 4.98 Å². The summed E-state index contributed by atoms with van der Waals surface area (Å²) < 4.78 is 5.81. The van der Waals surface area contributed by atoms with Gasteiger partial charge in [0.1, 0.15) is 6.61 Å². The van der Waals surface area contributed by atoms with Crippen LogP contribution >= 0.6 is 0 Å². The van der Waals surface area contributed by atoms with Gasteiger partial charge in [-0.05, 0) is 25.2 Å². The van der Waals surface area contributed by atoms with E-state index in [0.717, 1.165) is 30.5 Å². The maximum absolute atomic E-state index is 5.81. The summed E-state index contributed by atoms with van der Waals surface area (Å²) in [5.41, 5.74) is 3.28. The molecule has 2 rings (SSSR count). The minimum atomic E-state index is 0.363. The maximum Gasteiger partial charge on any atom is 0.241 e. The number of likely N-dealkylation sites (N-methyl/N-ethyl adjacent to an activating group) is 1. The number of hydrogen-bond donors (Lipinski definition) is 2. The number of fused-ring (bicyclic) bond motifs is 1. The maximum atomic E-state index is 5.81. The van der Waals surface area contributed by atoms with E-state index in [9.17, 15) is 0 Å². The van der Waals surface area contributed by atoms with Crippen molar-refractivity contribution in [2.24, 2.45) is 5.84 Å². The fourth-order valence-electron chi connectivity index (χ4n) is 2.03. The quantitative estimate of drug-likeness (QED) is 0.591. The molecule has 3 N–H and O–H groups in total. The number of aromatic nitrogens is 2. The van der Waals surface area contributed by atoms with Crippen LogP contribution in [0.4, 0.5) is 5.95 Å². The van der Waals surface area contributed by atoms with Gasteiger partial charge >= 0.3 is 0 Å². The summed E-state index contributed by atoms with van der Waals surface area (Å²) in [5, 5.41) is 0.894. The Morgan fingerprint density at radius 3 is 2.65 bits per heavy atom. The topological polar surface area (TPSA) is 76.3 Å². The normalized spacial score (nSPS) is 11.0. The molecule has 1 aromatic heterocycles. The van der Waals surface area contributed by atoms with Gasteiger partial charge in [-0.15, -0.1) is 0 Å². The Morgan fingerprint density at radius 1 is 1.20 bits per heavy atom. The Hall–Kier alpha value is -1.92. The van der Waals surface area contributed by atoms with E-state index in [1.165, 1.54) is 0 Å². The second kappa shape index (κ2) is 7.02. The number of para-hydroxylation sites is 1. The summed E-state index contributed by atoms with van der Waals surface area (Å²) in [6.45, 7) is 7.77. The van der Waals surface area contributed by atoms with Crippen LogP contribution in [0.25, 0.3) is 10.9 Å². The molecule has 6 heteroatoms. The van der Waals surface area contributed by atoms with Gasteiger partial charge in [-0.25, -0.2) is 10.8 Å². The second-order valence-corrected chi connectivity index (χ2v) is 4.39. The van der Waals surface area contributed by atoms with Crippen molar-refractivity contribution in [3.63, 3.8) is 0 Å². The number of nitrogens with one attached hydrogen (secondary N) is 1. The fourth-order valence-corrected chi connectivity index (χ4v) is 2.03. The number of nitrogens with two attached hydrogens (primary N) is 1. The van der Waals surface area contributed by atoms with Crippen LogP contribution in [0.5, 0.6) is 5.88 Å². The molecule has 1 heterocycles. The molecule has 0 bridgehead atoms. The molecule has 0 saturated carbocycles. The van der Waals surface area contributed by atoms with Gasteiger partial charge in [-0.3, -0.25) is 5.43 Å². The molecule has 0 radical (unpaired) electrons. The van der Waals surface area contributed by atoms with Gasteiger partial charge in [0.15, 0.2) is 0 Å². The molecule has 0 aliphatic carbocycles. The molecular weight excluding hydrogens is 254 g/mol. The predicted molar refractivity (Wildman–Crippen MR) is 80.6 cm³/mol. The Kier molecular flexibility index (Phi) is 5.09. The van der Waals surface area contributed by atoms with Crippen LogP contribution in [0, 0.1) is 0 Å². The number of nitrogens with zero attached hydrogens (tertiary/aromatic N) is 3. The van der Waals surface area contributed by atoms with Crippen LogP contribution in [0.3, 0.4) is 0 Å². The first-order valence-electron chi connectivity index (χ1n) is 6.87. The number of hydrogen-bond acceptors (Lipinski definition) is 6. The standard InChI is InChI=1S/C14H21N5O/c1-3-19(4-2)9-10-20-13-11-7-5-6-8-12(11)16-14(17-13)18-15/h5-8H,3-4,9-10,15H2,1-2H3,(H,16,17,18). The molecule has 0 amide bonds. The van der Waals surface area contributed by atoms with E-state index < -0.39 is 0 Å². The van der Waals surface area contributed by atoms with Crippen molar-refractivity contribution in [2.45, 2.75) is 13.8 Å². The zero-order chi connectivity index (χ0) is 14.4. The van der Waals surface area contributed by atoms with E-state index in [1.54, 1.807) is 0 Å². The van der Waals surface area contributed by atoms with Crippen molar-refractivity contribution in [3.05, 3.63) is 24.3 Å². The van der Waals surface area contributed by atoms with Crippen molar-refractivity contribution in [1.82, 2.24) is 14.9 Å². The van der Waals surface area contributed by atoms with Crippen molar-refractivity contribution < 1.29 is 4.74 Å². The van der Waals surface area contributed by atoms with Gasteiger partial charge in [-0.1, -0.05) is 26.0 Å². The number of benzene rings is 1. The van der Waals surface area contributed by atoms with Gasteiger partial charge < -0.3 is 9.64 Å². The molecule has 0 saturated heterocycles. The summed E-state index contributed by atoms with van der Waals surface area (Å²) in [4.78, 5) is 10.9. The molecule has 0 aliphatic heterocycles. The van der Waals surface area contributed by atoms with E-state index in [2.05, 4.69) is 34.1 Å². The van der Waals surface area contributed by atoms with Crippen molar-refractivity contribution in [3.8, 4) is 5.88 Å². The average molecular weight is 275 g/mol. The van der Waals surface area contributed by atoms with Crippen LogP contribution < -0.4 is 16.0 Å². The lowest BCUT2D eigenvalue weighted by molar-refractivity contribution is 0.219. The molecule has 0 spiro atoms. The average Bonchev–Trinajstić information content (AvgIpc) is 2.51. The smallest absolute Gasteiger partial charge is 0.241 e. The third kappa shape index (κ3) is 3.34. The van der Waals surface area contributed by atoms with Gasteiger partial charge in [0.2, 0.25) is 11.8 Å². The first-order valence-corrected chi connectivity index (χ1v) is 6.87. The highest BCUT2D eigenvalue weighted by atomic mass is 16.5. The van der Waals surface area contributed by atoms with E-state index in [0.29, 0.717) is 18.4 Å². The number of nitrogen functional groups attached to an aromatic ring is 1. The molecular formula is C14H21N5O. The predicted octanol–water partition coefficient (Wildman–Crippen LogP) is 1.64. The highest BCUT2D eigenvalue weighted by Crippen LogP contribution is 2.23. The highest BCUT2D eigenvalue weighted by molar-refractivity contribution is 5.84. The number of anilines is 1. The van der Waals surface area contributed by atoms with Crippen LogP contribution in [0.2, 0.25) is 0 Å². The monoisotopic (exact) mass is 275 g/mol. The molecule has 108 valence electrons. The van der Waals surface area contributed by atoms with Crippen LogP contribution in [-0.2, 0) is 0 Å². The van der Waals surface area contributed by atoms with Crippen LogP contribution in [0.15, 0.2) is 24.3 Å². The van der Waals surface area contributed by atoms with E-state index in [1.807, 2.05) is 24.3 Å². The highest BCUT2D eigenvalue weighted by Gasteiger charge is 2.08. The Labute approximate surface area is 118 Å². The summed E-state index contributed by atoms with van der Waals surface area (Å²) in [5.74, 6) is 6.32. The molecule has 20 heavy (non-hydrogen) atoms. The molecule has 6 nitrogen and oxygen atoms in total. The van der Waals surface area contributed by atoms with Gasteiger partial charge in [0.05, 0.1) is 10.9 Å². The number of rotatable bonds is 7. The zero-order valence-corrected chi connectivity index (χ0v) is 12.0. The SMILES string of the molecule is CCN(CC)CCOc1nc(NN)nc2ccccc12. The van der Waals surface area contributed by atoms with Crippen molar-refractivity contribution in [1.29, 1.82) is 0 Å². The summed E-state index contributed by atoms with van der Waals surface area (Å²) >= 11 is 0. The van der Waals surface area contributed by atoms with Gasteiger partial charge in [0.25, 0.3) is 0 Å². The van der Waals surface area contributed by atoms with E-state index in [-0.39, 0.29) is 0 Å². The lowest BCUT2D eigenvalue weighted by Gasteiger charge is -2.18. The van der Waals surface area contributed by atoms with E-state index >= 15 is 0 Å². The van der Waals surface area contributed by atoms with Crippen LogP contribution in [0.1, 0.15) is 13.8 Å². The lowest BCUT2D eigenvalue weighted by Crippen LogP contribution is -2.28. The first kappa shape index (κ1) is 14.5. The van der Waals surface area contributed by atoms with E-state index in [4.69, 9.17) is 10.6 Å². The summed E-state index contributed by atoms with van der Waals surface area (Å²) in [6.07, 6.45) is 0. The Morgan fingerprint density at radius 2 is 1.95 bits per heavy atom. The minimum Gasteiger partial charge on any atom is -0.476 e. The molecule has 1 aromatic carbocycles. The molecule has 0 fully saturated rings. The van der Waals surface area contributed by atoms with Gasteiger partial charge in [0, 0.05) is 6.54 Å². The zero-order valence-electron chi connectivity index (χ0n) is 12.0. The second-order valence-electron chi connectivity index (χ2n) is 4.39. The van der Waals surface area contributed by atoms with Crippen LogP contribution in [-0.4, -0.2) is 41.1 Å². The lowest BCUT2D eigenvalue weighted by atomic mass is 10.2. The Bertz CT molecular complexity index is 556. The van der Waals surface area contributed by atoms with Crippen molar-refractivity contribution in [2.75, 3.05) is 31.7 Å². The molecule has 0 unspecified atom stereocenters. The number of hydrazine groups is 1. The largest absolute Gasteiger partial charge is 0.476 e. The summed E-state index contributed by atoms with van der Waals surface area (Å²) in [6, 6.07) is 7.73.